The Labute approximate surface area is 156 Å². The fourth-order valence-electron chi connectivity index (χ4n) is 2.46. The zero-order chi connectivity index (χ0) is 17.5. The minimum Gasteiger partial charge on any atom is -0.491 e. The van der Waals surface area contributed by atoms with Crippen LogP contribution in [-0.2, 0) is 11.3 Å². The van der Waals surface area contributed by atoms with Crippen molar-refractivity contribution in [1.82, 2.24) is 9.55 Å². The van der Waals surface area contributed by atoms with E-state index in [0.717, 1.165) is 11.3 Å². The van der Waals surface area contributed by atoms with Crippen LogP contribution >= 0.6 is 23.2 Å². The normalized spacial score (nSPS) is 12.1. The highest BCUT2D eigenvalue weighted by molar-refractivity contribution is 6.35. The number of benzene rings is 2. The first kappa shape index (κ1) is 17.8. The van der Waals surface area contributed by atoms with E-state index in [1.165, 1.54) is 0 Å². The highest BCUT2D eigenvalue weighted by Gasteiger charge is 2.16. The molecule has 0 bridgehead atoms. The Bertz CT molecular complexity index is 779. The van der Waals surface area contributed by atoms with Crippen LogP contribution < -0.4 is 4.74 Å². The highest BCUT2D eigenvalue weighted by Crippen LogP contribution is 2.29. The van der Waals surface area contributed by atoms with Gasteiger partial charge in [-0.05, 0) is 24.3 Å². The Morgan fingerprint density at radius 3 is 2.60 bits per heavy atom. The molecule has 4 nitrogen and oxygen atoms in total. The lowest BCUT2D eigenvalue weighted by molar-refractivity contribution is 0.0227. The smallest absolute Gasteiger partial charge is 0.119 e. The molecule has 0 aliphatic heterocycles. The molecule has 25 heavy (non-hydrogen) atoms. The van der Waals surface area contributed by atoms with E-state index in [1.54, 1.807) is 18.6 Å². The molecule has 0 spiro atoms. The fraction of sp³-hybridized carbons (Fsp3) is 0.211. The van der Waals surface area contributed by atoms with Crippen LogP contribution in [0.5, 0.6) is 5.75 Å². The number of halogens is 2. The molecule has 1 aromatic heterocycles. The molecule has 3 aromatic rings. The molecule has 2 aromatic carbocycles. The molecule has 0 N–H and O–H groups in total. The van der Waals surface area contributed by atoms with Crippen LogP contribution in [0.4, 0.5) is 0 Å². The maximum absolute atomic E-state index is 6.35. The lowest BCUT2D eigenvalue weighted by atomic mass is 10.1. The number of para-hydroxylation sites is 1. The molecule has 0 aliphatic rings. The maximum Gasteiger partial charge on any atom is 0.119 e. The molecule has 1 atom stereocenters. The van der Waals surface area contributed by atoms with Crippen molar-refractivity contribution in [2.45, 2.75) is 12.6 Å². The molecule has 0 radical (unpaired) electrons. The molecule has 3 rings (SSSR count). The maximum atomic E-state index is 6.35. The second-order valence-electron chi connectivity index (χ2n) is 5.45. The van der Waals surface area contributed by atoms with E-state index in [-0.39, 0.29) is 6.10 Å². The Balaban J connectivity index is 1.64. The first-order chi connectivity index (χ1) is 12.2. The van der Waals surface area contributed by atoms with Gasteiger partial charge >= 0.3 is 0 Å². The first-order valence-corrected chi connectivity index (χ1v) is 8.68. The van der Waals surface area contributed by atoms with Crippen LogP contribution in [0.15, 0.2) is 67.3 Å². The predicted octanol–water partition coefficient (Wildman–Crippen LogP) is 5.03. The lowest BCUT2D eigenvalue weighted by Crippen LogP contribution is -2.16. The van der Waals surface area contributed by atoms with Gasteiger partial charge in [0.25, 0.3) is 0 Å². The van der Waals surface area contributed by atoms with E-state index >= 15 is 0 Å². The summed E-state index contributed by atoms with van der Waals surface area (Å²) < 4.78 is 13.7. The third-order valence-corrected chi connectivity index (χ3v) is 4.22. The number of hydrogen-bond acceptors (Lipinski definition) is 3. The molecule has 130 valence electrons. The van der Waals surface area contributed by atoms with Gasteiger partial charge in [-0.3, -0.25) is 0 Å². The van der Waals surface area contributed by atoms with Crippen LogP contribution in [0.3, 0.4) is 0 Å². The van der Waals surface area contributed by atoms with Gasteiger partial charge in [-0.25, -0.2) is 4.98 Å². The number of nitrogens with zero attached hydrogens (tertiary/aromatic N) is 2. The summed E-state index contributed by atoms with van der Waals surface area (Å²) in [5.74, 6) is 0.821. The van der Waals surface area contributed by atoms with E-state index in [4.69, 9.17) is 32.7 Å². The average Bonchev–Trinajstić information content (AvgIpc) is 3.12. The minimum atomic E-state index is -0.224. The number of imidazole rings is 1. The van der Waals surface area contributed by atoms with E-state index < -0.39 is 0 Å². The van der Waals surface area contributed by atoms with Gasteiger partial charge in [0, 0.05) is 28.0 Å². The molecule has 0 fully saturated rings. The fourth-order valence-corrected chi connectivity index (χ4v) is 2.99. The van der Waals surface area contributed by atoms with Crippen LogP contribution in [0, 0.1) is 0 Å². The summed E-state index contributed by atoms with van der Waals surface area (Å²) in [6.45, 7) is 1.50. The molecule has 1 heterocycles. The molecular weight excluding hydrogens is 359 g/mol. The van der Waals surface area contributed by atoms with Crippen LogP contribution in [-0.4, -0.2) is 22.8 Å². The quantitative estimate of drug-likeness (QED) is 0.517. The molecular formula is C19H18Cl2N2O2. The van der Waals surface area contributed by atoms with Crippen molar-refractivity contribution in [3.8, 4) is 5.75 Å². The number of aromatic nitrogens is 2. The van der Waals surface area contributed by atoms with Gasteiger partial charge in [0.2, 0.25) is 0 Å². The SMILES string of the molecule is Clc1ccc([C@@H](Cn2ccnc2)OCCOc2ccccc2)c(Cl)c1. The molecule has 6 heteroatoms. The molecule has 0 saturated heterocycles. The topological polar surface area (TPSA) is 36.3 Å². The lowest BCUT2D eigenvalue weighted by Gasteiger charge is -2.20. The van der Waals surface area contributed by atoms with Crippen LogP contribution in [0.25, 0.3) is 0 Å². The van der Waals surface area contributed by atoms with Gasteiger partial charge in [0.15, 0.2) is 0 Å². The molecule has 0 unspecified atom stereocenters. The number of rotatable bonds is 8. The van der Waals surface area contributed by atoms with Gasteiger partial charge < -0.3 is 14.0 Å². The minimum absolute atomic E-state index is 0.224. The Hall–Kier alpha value is -2.01. The largest absolute Gasteiger partial charge is 0.491 e. The summed E-state index contributed by atoms with van der Waals surface area (Å²) in [6, 6.07) is 15.1. The first-order valence-electron chi connectivity index (χ1n) is 7.92. The van der Waals surface area contributed by atoms with Gasteiger partial charge in [0.1, 0.15) is 18.5 Å². The molecule has 0 saturated carbocycles. The Morgan fingerprint density at radius 1 is 1.04 bits per heavy atom. The monoisotopic (exact) mass is 376 g/mol. The second kappa shape index (κ2) is 8.90. The van der Waals surface area contributed by atoms with Gasteiger partial charge in [-0.2, -0.15) is 0 Å². The van der Waals surface area contributed by atoms with E-state index in [2.05, 4.69) is 4.98 Å². The highest BCUT2D eigenvalue weighted by atomic mass is 35.5. The standard InChI is InChI=1S/C19H18Cl2N2O2/c20-15-6-7-17(18(21)12-15)19(13-23-9-8-22-14-23)25-11-10-24-16-4-2-1-3-5-16/h1-9,12,14,19H,10-11,13H2/t19-/m1/s1. The summed E-state index contributed by atoms with van der Waals surface area (Å²) in [5.41, 5.74) is 0.888. The number of hydrogen-bond donors (Lipinski definition) is 0. The second-order valence-corrected chi connectivity index (χ2v) is 6.29. The zero-order valence-corrected chi connectivity index (χ0v) is 15.0. The molecule has 0 amide bonds. The van der Waals surface area contributed by atoms with E-state index in [0.29, 0.717) is 29.8 Å². The van der Waals surface area contributed by atoms with Gasteiger partial charge in [0.05, 0.1) is 19.5 Å². The summed E-state index contributed by atoms with van der Waals surface area (Å²) >= 11 is 12.4. The third kappa shape index (κ3) is 5.23. The van der Waals surface area contributed by atoms with Crippen molar-refractivity contribution < 1.29 is 9.47 Å². The third-order valence-electron chi connectivity index (χ3n) is 3.66. The average molecular weight is 377 g/mol. The van der Waals surface area contributed by atoms with Crippen molar-refractivity contribution in [3.05, 3.63) is 82.9 Å². The summed E-state index contributed by atoms with van der Waals surface area (Å²) in [4.78, 5) is 4.07. The van der Waals surface area contributed by atoms with Gasteiger partial charge in [-0.1, -0.05) is 47.5 Å². The van der Waals surface area contributed by atoms with Crippen molar-refractivity contribution in [3.63, 3.8) is 0 Å². The van der Waals surface area contributed by atoms with Crippen molar-refractivity contribution in [1.29, 1.82) is 0 Å². The van der Waals surface area contributed by atoms with Crippen molar-refractivity contribution in [2.75, 3.05) is 13.2 Å². The summed E-state index contributed by atoms with van der Waals surface area (Å²) in [6.07, 6.45) is 5.15. The summed E-state index contributed by atoms with van der Waals surface area (Å²) in [5, 5.41) is 1.18. The molecule has 0 aliphatic carbocycles. The Morgan fingerprint density at radius 2 is 1.88 bits per heavy atom. The van der Waals surface area contributed by atoms with E-state index in [1.807, 2.05) is 53.2 Å². The summed E-state index contributed by atoms with van der Waals surface area (Å²) in [7, 11) is 0. The zero-order valence-electron chi connectivity index (χ0n) is 13.5. The number of ether oxygens (including phenoxy) is 2. The van der Waals surface area contributed by atoms with Crippen molar-refractivity contribution in [2.24, 2.45) is 0 Å². The van der Waals surface area contributed by atoms with Crippen LogP contribution in [0.2, 0.25) is 10.0 Å². The van der Waals surface area contributed by atoms with E-state index in [9.17, 15) is 0 Å². The Kier molecular flexibility index (Phi) is 6.34. The van der Waals surface area contributed by atoms with Crippen molar-refractivity contribution >= 4 is 23.2 Å². The van der Waals surface area contributed by atoms with Gasteiger partial charge in [-0.15, -0.1) is 0 Å². The predicted molar refractivity (Wildman–Crippen MR) is 99.3 cm³/mol. The van der Waals surface area contributed by atoms with Crippen LogP contribution in [0.1, 0.15) is 11.7 Å².